The monoisotopic (exact) mass is 1400 g/mol. The van der Waals surface area contributed by atoms with E-state index in [1.54, 1.807) is 60.0 Å². The third-order valence-electron chi connectivity index (χ3n) is 12.7. The highest BCUT2D eigenvalue weighted by atomic mass is 79.9. The average molecular weight is 1410 g/mol. The first-order valence-corrected chi connectivity index (χ1v) is 31.5. The number of carboxylic acid groups (broad SMARTS) is 1. The van der Waals surface area contributed by atoms with Gasteiger partial charge in [-0.15, -0.1) is 11.3 Å². The van der Waals surface area contributed by atoms with E-state index >= 15 is 0 Å². The molecule has 1 heterocycles. The number of thiocarbonyl (C=S) groups is 3. The number of esters is 3. The van der Waals surface area contributed by atoms with Gasteiger partial charge in [-0.05, 0) is 127 Å². The van der Waals surface area contributed by atoms with Crippen LogP contribution < -0.4 is 33.6 Å². The van der Waals surface area contributed by atoms with Crippen LogP contribution in [-0.4, -0.2) is 99.8 Å². The molecule has 0 radical (unpaired) electrons. The van der Waals surface area contributed by atoms with E-state index in [1.807, 2.05) is 56.3 Å². The standard InChI is InChI=1S/C18H16N2O4S.C13H15NO3S.C12H14N2O3S.C11H18O4.C10H11BrO.CH4N2S/c21-9-12-3-1-11(2-4-12)7-17(24)20-18-19-15(10-25-18)14-6-5-13(22)8-16(14)23;1-9(15)17-8-11-4-2-10(3-5-11)6-12(16)7-13(14)18;1-8(15)17-7-10-4-2-9(3-5-10)6-11(16)14-12(13)18;1-8(12)15-7-10-4-2-9(3-5-10)6-11(13)14;1-7-3-4-9(8(2)5-7)10(12)6-11;2-1(3)4/h1-6,8,10,21-23H,7,9H2,(H,19,20,24);2-5H,6-8H2,1H3,(H2,14,18);2-5H,6-7H2,1H3,(H3,13,14,16,18);9-10H,2-7H2,1H3,(H,13,14);3-5H,6H2,1-2H3;(H4,2,3,4). The van der Waals surface area contributed by atoms with Gasteiger partial charge in [-0.1, -0.05) is 125 Å². The Labute approximate surface area is 562 Å². The number of halogens is 1. The predicted molar refractivity (Wildman–Crippen MR) is 367 cm³/mol. The van der Waals surface area contributed by atoms with Crippen molar-refractivity contribution in [3.05, 3.63) is 165 Å². The minimum absolute atomic E-state index is 0.000000000000000222. The van der Waals surface area contributed by atoms with Gasteiger partial charge in [-0.3, -0.25) is 38.4 Å². The summed E-state index contributed by atoms with van der Waals surface area (Å²) in [6, 6.07) is 31.8. The Bertz CT molecular complexity index is 3340. The lowest BCUT2D eigenvalue weighted by molar-refractivity contribution is -0.143. The summed E-state index contributed by atoms with van der Waals surface area (Å²) >= 11 is 17.7. The molecule has 0 aliphatic heterocycles. The van der Waals surface area contributed by atoms with Gasteiger partial charge in [-0.25, -0.2) is 4.98 Å². The van der Waals surface area contributed by atoms with Gasteiger partial charge < -0.3 is 68.2 Å². The SMILES string of the molecule is CC(=O)OCC1CCC(CC(=O)O)CC1.CC(=O)OCc1ccc(CC(=O)CC(N)=S)cc1.CC(=O)OCc1ccc(CC(=O)NC(N)=S)cc1.Cc1ccc(C(=O)CBr)c(C)c1.NC(N)=S.O=C(Cc1ccc(CO)cc1)Nc1nc(-c2ccc(O)cc2O)cs1. The maximum Gasteiger partial charge on any atom is 0.303 e. The first-order chi connectivity index (χ1) is 43.4. The number of carbonyl (C=O) groups excluding carboxylic acids is 7. The van der Waals surface area contributed by atoms with Crippen LogP contribution in [0.15, 0.2) is 115 Å². The Kier molecular flexibility index (Phi) is 37.3. The second-order valence-electron chi connectivity index (χ2n) is 20.6. The number of rotatable bonds is 21. The quantitative estimate of drug-likeness (QED) is 0.0106. The number of aromatic nitrogens is 1. The number of aliphatic carboxylic acids is 1. The number of phenols is 2. The average Bonchev–Trinajstić information content (AvgIpc) is 1.68. The Balaban J connectivity index is 0.000000393. The molecule has 1 aromatic heterocycles. The number of carboxylic acids is 1. The van der Waals surface area contributed by atoms with Crippen LogP contribution in [-0.2, 0) is 86.9 Å². The number of aliphatic hydroxyl groups is 1. The summed E-state index contributed by atoms with van der Waals surface area (Å²) in [6.45, 7) is 9.06. The van der Waals surface area contributed by atoms with Crippen LogP contribution in [0.4, 0.5) is 5.13 Å². The number of nitrogens with zero attached hydrogens (tertiary/aromatic N) is 1. The predicted octanol–water partition coefficient (Wildman–Crippen LogP) is 8.98. The number of aromatic hydroxyl groups is 2. The number of anilines is 1. The second kappa shape index (κ2) is 43.2. The molecule has 0 spiro atoms. The van der Waals surface area contributed by atoms with Crippen molar-refractivity contribution in [1.29, 1.82) is 0 Å². The van der Waals surface area contributed by atoms with Gasteiger partial charge in [-0.2, -0.15) is 0 Å². The maximum absolute atomic E-state index is 12.1. The molecule has 22 nitrogen and oxygen atoms in total. The fraction of sp³-hybridized carbons (Fsp3) is 0.323. The molecule has 27 heteroatoms. The summed E-state index contributed by atoms with van der Waals surface area (Å²) in [5, 5.41) is 44.5. The number of benzene rings is 5. The zero-order valence-electron chi connectivity index (χ0n) is 51.6. The van der Waals surface area contributed by atoms with Crippen molar-refractivity contribution < 1.29 is 73.0 Å². The fourth-order valence-electron chi connectivity index (χ4n) is 8.31. The summed E-state index contributed by atoms with van der Waals surface area (Å²) in [7, 11) is 0. The largest absolute Gasteiger partial charge is 0.508 e. The van der Waals surface area contributed by atoms with Crippen LogP contribution in [0.2, 0.25) is 0 Å². The molecule has 494 valence electrons. The van der Waals surface area contributed by atoms with Crippen molar-refractivity contribution in [2.24, 2.45) is 34.8 Å². The summed E-state index contributed by atoms with van der Waals surface area (Å²) in [5.74, 6) is -1.26. The number of nitrogens with two attached hydrogens (primary N) is 4. The number of thiazole rings is 1. The van der Waals surface area contributed by atoms with Gasteiger partial charge in [0.05, 0.1) is 48.5 Å². The zero-order chi connectivity index (χ0) is 68.9. The van der Waals surface area contributed by atoms with E-state index in [9.17, 15) is 48.6 Å². The number of hydrogen-bond acceptors (Lipinski definition) is 19. The van der Waals surface area contributed by atoms with E-state index in [1.165, 1.54) is 49.8 Å². The molecule has 0 bridgehead atoms. The highest BCUT2D eigenvalue weighted by Crippen LogP contribution is 2.34. The van der Waals surface area contributed by atoms with Crippen LogP contribution in [0.3, 0.4) is 0 Å². The molecule has 0 atom stereocenters. The molecule has 5 aromatic carbocycles. The number of ether oxygens (including phenoxy) is 3. The number of aryl methyl sites for hydroxylation is 2. The number of alkyl halides is 1. The number of phenolic OH excluding ortho intramolecular Hbond substituents is 2. The summed E-state index contributed by atoms with van der Waals surface area (Å²) in [5.41, 5.74) is 28.9. The maximum atomic E-state index is 12.1. The summed E-state index contributed by atoms with van der Waals surface area (Å²) in [4.78, 5) is 93.1. The number of aliphatic hydroxyl groups excluding tert-OH is 1. The number of nitrogens with one attached hydrogen (secondary N) is 2. The first kappa shape index (κ1) is 79.5. The molecule has 1 aliphatic carbocycles. The molecule has 2 amide bonds. The molecule has 14 N–H and O–H groups in total. The van der Waals surface area contributed by atoms with E-state index in [2.05, 4.69) is 79.7 Å². The topological polar surface area (TPSA) is 386 Å². The zero-order valence-corrected chi connectivity index (χ0v) is 56.4. The van der Waals surface area contributed by atoms with Crippen LogP contribution in [0.5, 0.6) is 11.5 Å². The Morgan fingerprint density at radius 2 is 1.12 bits per heavy atom. The van der Waals surface area contributed by atoms with Crippen molar-refractivity contribution in [1.82, 2.24) is 10.3 Å². The number of Topliss-reactive ketones (excluding diaryl/α,β-unsaturated/α-hetero) is 2. The Morgan fingerprint density at radius 3 is 1.57 bits per heavy atom. The van der Waals surface area contributed by atoms with Crippen molar-refractivity contribution in [2.75, 3.05) is 17.3 Å². The lowest BCUT2D eigenvalue weighted by Gasteiger charge is -2.26. The second-order valence-corrected chi connectivity index (χ2v) is 23.5. The lowest BCUT2D eigenvalue weighted by atomic mass is 9.81. The van der Waals surface area contributed by atoms with E-state index in [0.717, 1.165) is 70.2 Å². The minimum atomic E-state index is -0.710. The van der Waals surface area contributed by atoms with E-state index in [4.69, 9.17) is 35.9 Å². The lowest BCUT2D eigenvalue weighted by Crippen LogP contribution is -2.35. The third-order valence-corrected chi connectivity index (χ3v) is 14.2. The van der Waals surface area contributed by atoms with Crippen molar-refractivity contribution >= 4 is 132 Å². The molecule has 92 heavy (non-hydrogen) atoms. The van der Waals surface area contributed by atoms with Crippen molar-refractivity contribution in [3.63, 3.8) is 0 Å². The van der Waals surface area contributed by atoms with Gasteiger partial charge in [0.2, 0.25) is 11.8 Å². The molecule has 0 saturated heterocycles. The smallest absolute Gasteiger partial charge is 0.303 e. The van der Waals surface area contributed by atoms with Gasteiger partial charge in [0.15, 0.2) is 21.1 Å². The fourth-order valence-corrected chi connectivity index (χ4v) is 9.62. The van der Waals surface area contributed by atoms with E-state index < -0.39 is 5.97 Å². The molecule has 7 rings (SSSR count). The highest BCUT2D eigenvalue weighted by Gasteiger charge is 2.23. The Morgan fingerprint density at radius 1 is 0.641 bits per heavy atom. The van der Waals surface area contributed by atoms with Crippen molar-refractivity contribution in [2.45, 2.75) is 112 Å². The summed E-state index contributed by atoms with van der Waals surface area (Å²) < 4.78 is 14.7. The molecule has 6 aromatic rings. The summed E-state index contributed by atoms with van der Waals surface area (Å²) in [6.07, 6.45) is 4.96. The third kappa shape index (κ3) is 35.7. The highest BCUT2D eigenvalue weighted by molar-refractivity contribution is 9.09. The van der Waals surface area contributed by atoms with E-state index in [0.29, 0.717) is 46.6 Å². The van der Waals surface area contributed by atoms with Crippen molar-refractivity contribution in [3.8, 4) is 22.8 Å². The van der Waals surface area contributed by atoms with E-state index in [-0.39, 0.29) is 114 Å². The normalized spacial score (nSPS) is 12.5. The van der Waals surface area contributed by atoms with Crippen LogP contribution in [0.25, 0.3) is 11.3 Å². The number of amides is 2. The van der Waals surface area contributed by atoms with Crippen LogP contribution >= 0.6 is 63.9 Å². The molecular formula is C65H78BrN7O15S4. The van der Waals surface area contributed by atoms with Crippen LogP contribution in [0.1, 0.15) is 114 Å². The number of ketones is 2. The number of carbonyl (C=O) groups is 8. The molecular weight excluding hydrogens is 1330 g/mol. The van der Waals surface area contributed by atoms with Gasteiger partial charge in [0.25, 0.3) is 0 Å². The van der Waals surface area contributed by atoms with Gasteiger partial charge in [0, 0.05) is 56.2 Å². The molecule has 1 fully saturated rings. The molecule has 1 saturated carbocycles. The Hall–Kier alpha value is -8.60. The minimum Gasteiger partial charge on any atom is -0.508 e. The van der Waals surface area contributed by atoms with Gasteiger partial charge >= 0.3 is 23.9 Å². The molecule has 1 aliphatic rings. The number of hydrogen-bond donors (Lipinski definition) is 10. The van der Waals surface area contributed by atoms with Crippen LogP contribution in [0, 0.1) is 25.7 Å². The molecule has 0 unspecified atom stereocenters. The first-order valence-electron chi connectivity index (χ1n) is 28.3. The van der Waals surface area contributed by atoms with Gasteiger partial charge in [0.1, 0.15) is 30.5 Å².